The summed E-state index contributed by atoms with van der Waals surface area (Å²) in [5, 5.41) is 3.43. The van der Waals surface area contributed by atoms with Gasteiger partial charge in [-0.15, -0.1) is 0 Å². The van der Waals surface area contributed by atoms with E-state index in [1.165, 1.54) is 16.7 Å². The van der Waals surface area contributed by atoms with Gasteiger partial charge in [0.05, 0.1) is 21.6 Å². The van der Waals surface area contributed by atoms with Crippen LogP contribution in [0.3, 0.4) is 0 Å². The van der Waals surface area contributed by atoms with Gasteiger partial charge in [0.2, 0.25) is 0 Å². The van der Waals surface area contributed by atoms with Gasteiger partial charge in [0, 0.05) is 12.1 Å². The number of nitrogens with one attached hydrogen (secondary N) is 1. The molecule has 3 aromatic rings. The summed E-state index contributed by atoms with van der Waals surface area (Å²) >= 11 is 12.1. The van der Waals surface area contributed by atoms with Gasteiger partial charge < -0.3 is 5.32 Å². The van der Waals surface area contributed by atoms with Crippen molar-refractivity contribution in [3.05, 3.63) is 62.7 Å². The Kier molecular flexibility index (Phi) is 3.76. The largest absolute Gasteiger partial charge is 0.372 e. The van der Waals surface area contributed by atoms with E-state index in [0.717, 1.165) is 0 Å². The van der Waals surface area contributed by atoms with Crippen molar-refractivity contribution in [1.29, 1.82) is 0 Å². The average molecular weight is 338 g/mol. The minimum Gasteiger partial charge on any atom is -0.372 e. The number of anilines is 1. The van der Waals surface area contributed by atoms with Crippen LogP contribution in [0.1, 0.15) is 0 Å². The van der Waals surface area contributed by atoms with E-state index < -0.39 is 11.5 Å². The number of hydrogen-bond donors (Lipinski definition) is 1. The molecule has 3 rings (SSSR count). The van der Waals surface area contributed by atoms with E-state index in [1.807, 2.05) is 0 Å². The summed E-state index contributed by atoms with van der Waals surface area (Å²) in [6.45, 7) is 0. The standard InChI is InChI=1S/C15H10Cl2FN3O/c1-19-14-13-10(18)6-8(16)7-12(13)21(15(22)20-14)11-5-3-2-4-9(11)17/h2-7H,1H3,(H,19,20,22). The number of halogens is 3. The van der Waals surface area contributed by atoms with Crippen LogP contribution in [0, 0.1) is 5.82 Å². The zero-order chi connectivity index (χ0) is 15.9. The smallest absolute Gasteiger partial charge is 0.354 e. The molecule has 0 unspecified atom stereocenters. The number of rotatable bonds is 2. The van der Waals surface area contributed by atoms with Gasteiger partial charge in [-0.2, -0.15) is 4.98 Å². The third kappa shape index (κ3) is 2.32. The second kappa shape index (κ2) is 5.59. The Labute approximate surface area is 135 Å². The molecule has 7 heteroatoms. The first kappa shape index (κ1) is 14.8. The first-order valence-electron chi connectivity index (χ1n) is 6.37. The van der Waals surface area contributed by atoms with Crippen molar-refractivity contribution >= 4 is 39.9 Å². The molecule has 1 N–H and O–H groups in total. The summed E-state index contributed by atoms with van der Waals surface area (Å²) in [7, 11) is 1.56. The fourth-order valence-electron chi connectivity index (χ4n) is 2.32. The molecule has 0 saturated carbocycles. The number of aromatic nitrogens is 2. The molecule has 0 atom stereocenters. The topological polar surface area (TPSA) is 46.9 Å². The molecule has 0 amide bonds. The lowest BCUT2D eigenvalue weighted by Crippen LogP contribution is -2.23. The maximum absolute atomic E-state index is 14.3. The van der Waals surface area contributed by atoms with Crippen molar-refractivity contribution in [2.75, 3.05) is 12.4 Å². The highest BCUT2D eigenvalue weighted by Gasteiger charge is 2.17. The second-order valence-electron chi connectivity index (χ2n) is 4.56. The van der Waals surface area contributed by atoms with Gasteiger partial charge in [0.25, 0.3) is 0 Å². The Morgan fingerprint density at radius 3 is 2.64 bits per heavy atom. The molecule has 0 aliphatic heterocycles. The highest BCUT2D eigenvalue weighted by molar-refractivity contribution is 6.32. The van der Waals surface area contributed by atoms with Crippen LogP contribution in [0.5, 0.6) is 0 Å². The van der Waals surface area contributed by atoms with Gasteiger partial charge in [0.1, 0.15) is 11.6 Å². The van der Waals surface area contributed by atoms with Crippen LogP contribution < -0.4 is 11.0 Å². The van der Waals surface area contributed by atoms with Crippen molar-refractivity contribution in [1.82, 2.24) is 9.55 Å². The summed E-state index contributed by atoms with van der Waals surface area (Å²) in [6, 6.07) is 9.44. The first-order chi connectivity index (χ1) is 10.5. The number of para-hydroxylation sites is 1. The molecule has 2 aromatic carbocycles. The fraction of sp³-hybridized carbons (Fsp3) is 0.0667. The first-order valence-corrected chi connectivity index (χ1v) is 7.13. The SMILES string of the molecule is CNc1nc(=O)n(-c2ccccc2Cl)c2cc(Cl)cc(F)c12. The number of fused-ring (bicyclic) bond motifs is 1. The van der Waals surface area contributed by atoms with E-state index in [1.54, 1.807) is 31.3 Å². The van der Waals surface area contributed by atoms with Gasteiger partial charge in [-0.25, -0.2) is 9.18 Å². The molecular weight excluding hydrogens is 328 g/mol. The monoisotopic (exact) mass is 337 g/mol. The van der Waals surface area contributed by atoms with Crippen LogP contribution in [0.4, 0.5) is 10.2 Å². The molecule has 0 radical (unpaired) electrons. The molecule has 4 nitrogen and oxygen atoms in total. The van der Waals surface area contributed by atoms with Gasteiger partial charge >= 0.3 is 5.69 Å². The zero-order valence-electron chi connectivity index (χ0n) is 11.4. The lowest BCUT2D eigenvalue weighted by atomic mass is 10.2. The fourth-order valence-corrected chi connectivity index (χ4v) is 2.74. The van der Waals surface area contributed by atoms with Crippen molar-refractivity contribution in [2.45, 2.75) is 0 Å². The molecule has 1 heterocycles. The maximum Gasteiger partial charge on any atom is 0.354 e. The predicted octanol–water partition coefficient (Wildman–Crippen LogP) is 3.87. The summed E-state index contributed by atoms with van der Waals surface area (Å²) < 4.78 is 15.6. The summed E-state index contributed by atoms with van der Waals surface area (Å²) in [5.41, 5.74) is 0.130. The van der Waals surface area contributed by atoms with Crippen molar-refractivity contribution in [2.24, 2.45) is 0 Å². The Morgan fingerprint density at radius 2 is 1.95 bits per heavy atom. The molecule has 1 aromatic heterocycles. The van der Waals surface area contributed by atoms with E-state index in [0.29, 0.717) is 16.2 Å². The third-order valence-electron chi connectivity index (χ3n) is 3.24. The quantitative estimate of drug-likeness (QED) is 0.772. The molecule has 22 heavy (non-hydrogen) atoms. The van der Waals surface area contributed by atoms with E-state index in [4.69, 9.17) is 23.2 Å². The minimum absolute atomic E-state index is 0.150. The van der Waals surface area contributed by atoms with Crippen LogP contribution >= 0.6 is 23.2 Å². The highest BCUT2D eigenvalue weighted by atomic mass is 35.5. The van der Waals surface area contributed by atoms with Gasteiger partial charge in [-0.1, -0.05) is 35.3 Å². The van der Waals surface area contributed by atoms with Gasteiger partial charge in [0.15, 0.2) is 0 Å². The van der Waals surface area contributed by atoms with Gasteiger partial charge in [-0.3, -0.25) is 4.57 Å². The highest BCUT2D eigenvalue weighted by Crippen LogP contribution is 2.29. The molecule has 0 fully saturated rings. The van der Waals surface area contributed by atoms with Crippen LogP contribution in [0.15, 0.2) is 41.2 Å². The minimum atomic E-state index is -0.577. The Bertz CT molecular complexity index is 940. The summed E-state index contributed by atoms with van der Waals surface area (Å²) in [4.78, 5) is 16.3. The van der Waals surface area contributed by atoms with Crippen molar-refractivity contribution in [3.63, 3.8) is 0 Å². The van der Waals surface area contributed by atoms with Crippen LogP contribution in [-0.2, 0) is 0 Å². The molecule has 0 bridgehead atoms. The molecule has 0 aliphatic rings. The van der Waals surface area contributed by atoms with Crippen LogP contribution in [-0.4, -0.2) is 16.6 Å². The van der Waals surface area contributed by atoms with Crippen molar-refractivity contribution < 1.29 is 4.39 Å². The lowest BCUT2D eigenvalue weighted by molar-refractivity contribution is 0.639. The van der Waals surface area contributed by atoms with E-state index >= 15 is 0 Å². The molecule has 0 aliphatic carbocycles. The Balaban J connectivity index is 2.53. The number of nitrogens with zero attached hydrogens (tertiary/aromatic N) is 2. The maximum atomic E-state index is 14.3. The lowest BCUT2D eigenvalue weighted by Gasteiger charge is -2.14. The van der Waals surface area contributed by atoms with E-state index in [2.05, 4.69) is 10.3 Å². The van der Waals surface area contributed by atoms with E-state index in [9.17, 15) is 9.18 Å². The number of hydrogen-bond acceptors (Lipinski definition) is 3. The van der Waals surface area contributed by atoms with E-state index in [-0.39, 0.29) is 16.2 Å². The van der Waals surface area contributed by atoms with Crippen LogP contribution in [0.25, 0.3) is 16.6 Å². The third-order valence-corrected chi connectivity index (χ3v) is 3.78. The second-order valence-corrected chi connectivity index (χ2v) is 5.41. The van der Waals surface area contributed by atoms with Gasteiger partial charge in [-0.05, 0) is 24.3 Å². The number of benzene rings is 2. The molecule has 112 valence electrons. The molecule has 0 spiro atoms. The normalized spacial score (nSPS) is 10.9. The zero-order valence-corrected chi connectivity index (χ0v) is 12.9. The van der Waals surface area contributed by atoms with Crippen LogP contribution in [0.2, 0.25) is 10.0 Å². The average Bonchev–Trinajstić information content (AvgIpc) is 2.47. The molecular formula is C15H10Cl2FN3O. The Morgan fingerprint density at radius 1 is 1.23 bits per heavy atom. The predicted molar refractivity (Wildman–Crippen MR) is 86.9 cm³/mol. The summed E-state index contributed by atoms with van der Waals surface area (Å²) in [6.07, 6.45) is 0. The summed E-state index contributed by atoms with van der Waals surface area (Å²) in [5.74, 6) is -0.419. The Hall–Kier alpha value is -2.11. The molecule has 0 saturated heterocycles. The van der Waals surface area contributed by atoms with Crippen molar-refractivity contribution in [3.8, 4) is 5.69 Å².